The lowest BCUT2D eigenvalue weighted by molar-refractivity contribution is -0.127. The first-order valence-electron chi connectivity index (χ1n) is 6.92. The van der Waals surface area contributed by atoms with Crippen molar-refractivity contribution in [3.05, 3.63) is 59.1 Å². The third-order valence-electron chi connectivity index (χ3n) is 3.16. The fraction of sp³-hybridized carbons (Fsp3) is 0.235. The summed E-state index contributed by atoms with van der Waals surface area (Å²) in [5.41, 5.74) is 0.906. The van der Waals surface area contributed by atoms with Crippen molar-refractivity contribution in [3.8, 4) is 11.5 Å². The van der Waals surface area contributed by atoms with Gasteiger partial charge in [-0.25, -0.2) is 0 Å². The van der Waals surface area contributed by atoms with Crippen molar-refractivity contribution in [2.24, 2.45) is 0 Å². The van der Waals surface area contributed by atoms with Crippen LogP contribution < -0.4 is 14.8 Å². The molecular formula is C17H18ClNO3. The van der Waals surface area contributed by atoms with E-state index in [-0.39, 0.29) is 5.91 Å². The van der Waals surface area contributed by atoms with Crippen molar-refractivity contribution in [1.29, 1.82) is 0 Å². The van der Waals surface area contributed by atoms with E-state index in [1.807, 2.05) is 30.3 Å². The molecule has 1 amide bonds. The molecule has 0 aliphatic rings. The van der Waals surface area contributed by atoms with Crippen LogP contribution in [-0.4, -0.2) is 19.1 Å². The number of rotatable bonds is 6. The molecular weight excluding hydrogens is 302 g/mol. The Balaban J connectivity index is 1.93. The zero-order valence-electron chi connectivity index (χ0n) is 12.5. The number of halogens is 1. The van der Waals surface area contributed by atoms with Gasteiger partial charge in [-0.3, -0.25) is 4.79 Å². The maximum absolute atomic E-state index is 12.1. The van der Waals surface area contributed by atoms with E-state index in [2.05, 4.69) is 5.32 Å². The highest BCUT2D eigenvalue weighted by atomic mass is 35.5. The molecule has 1 N–H and O–H groups in total. The average molecular weight is 320 g/mol. The van der Waals surface area contributed by atoms with Crippen LogP contribution in [-0.2, 0) is 11.3 Å². The monoisotopic (exact) mass is 319 g/mol. The fourth-order valence-corrected chi connectivity index (χ4v) is 2.14. The summed E-state index contributed by atoms with van der Waals surface area (Å²) in [6, 6.07) is 14.6. The van der Waals surface area contributed by atoms with E-state index in [9.17, 15) is 4.79 Å². The lowest BCUT2D eigenvalue weighted by Crippen LogP contribution is -2.36. The van der Waals surface area contributed by atoms with Gasteiger partial charge >= 0.3 is 0 Å². The van der Waals surface area contributed by atoms with E-state index in [1.165, 1.54) is 0 Å². The van der Waals surface area contributed by atoms with Gasteiger partial charge in [-0.1, -0.05) is 41.9 Å². The van der Waals surface area contributed by atoms with Crippen molar-refractivity contribution >= 4 is 17.5 Å². The van der Waals surface area contributed by atoms with Crippen LogP contribution in [0.3, 0.4) is 0 Å². The van der Waals surface area contributed by atoms with Gasteiger partial charge in [-0.2, -0.15) is 0 Å². The number of hydrogen-bond acceptors (Lipinski definition) is 3. The molecule has 0 spiro atoms. The van der Waals surface area contributed by atoms with Crippen LogP contribution in [0.4, 0.5) is 0 Å². The Morgan fingerprint density at radius 2 is 1.77 bits per heavy atom. The molecule has 0 saturated heterocycles. The van der Waals surface area contributed by atoms with Crippen molar-refractivity contribution in [3.63, 3.8) is 0 Å². The second kappa shape index (κ2) is 7.71. The van der Waals surface area contributed by atoms with E-state index < -0.39 is 6.10 Å². The minimum absolute atomic E-state index is 0.217. The molecule has 0 saturated carbocycles. The van der Waals surface area contributed by atoms with Crippen LogP contribution in [0.25, 0.3) is 0 Å². The molecule has 4 nitrogen and oxygen atoms in total. The topological polar surface area (TPSA) is 47.6 Å². The average Bonchev–Trinajstić information content (AvgIpc) is 2.54. The molecule has 1 unspecified atom stereocenters. The molecule has 0 fully saturated rings. The Bertz CT molecular complexity index is 645. The number of amides is 1. The molecule has 2 rings (SSSR count). The summed E-state index contributed by atoms with van der Waals surface area (Å²) < 4.78 is 10.8. The molecule has 5 heteroatoms. The van der Waals surface area contributed by atoms with Crippen LogP contribution in [0.15, 0.2) is 48.5 Å². The van der Waals surface area contributed by atoms with E-state index in [0.717, 1.165) is 11.3 Å². The van der Waals surface area contributed by atoms with Gasteiger partial charge in [0.25, 0.3) is 5.91 Å². The lowest BCUT2D eigenvalue weighted by atomic mass is 10.2. The highest BCUT2D eigenvalue weighted by Gasteiger charge is 2.16. The molecule has 0 aromatic heterocycles. The number of para-hydroxylation sites is 2. The zero-order valence-corrected chi connectivity index (χ0v) is 13.3. The molecule has 0 bridgehead atoms. The summed E-state index contributed by atoms with van der Waals surface area (Å²) in [6.07, 6.45) is -0.644. The van der Waals surface area contributed by atoms with Crippen molar-refractivity contribution < 1.29 is 14.3 Å². The van der Waals surface area contributed by atoms with E-state index in [4.69, 9.17) is 21.1 Å². The quantitative estimate of drug-likeness (QED) is 0.887. The molecule has 0 radical (unpaired) electrons. The summed E-state index contributed by atoms with van der Waals surface area (Å²) in [5, 5.41) is 3.30. The van der Waals surface area contributed by atoms with Crippen molar-refractivity contribution in [1.82, 2.24) is 5.32 Å². The van der Waals surface area contributed by atoms with Gasteiger partial charge in [-0.05, 0) is 25.1 Å². The van der Waals surface area contributed by atoms with Gasteiger partial charge in [0.2, 0.25) is 0 Å². The summed E-state index contributed by atoms with van der Waals surface area (Å²) in [4.78, 5) is 12.1. The van der Waals surface area contributed by atoms with Gasteiger partial charge in [0.1, 0.15) is 11.5 Å². The first-order valence-corrected chi connectivity index (χ1v) is 7.30. The predicted molar refractivity (Wildman–Crippen MR) is 86.4 cm³/mol. The Kier molecular flexibility index (Phi) is 5.67. The fourth-order valence-electron chi connectivity index (χ4n) is 1.96. The van der Waals surface area contributed by atoms with Crippen LogP contribution in [0.1, 0.15) is 12.5 Å². The maximum atomic E-state index is 12.1. The van der Waals surface area contributed by atoms with Crippen LogP contribution in [0.2, 0.25) is 5.02 Å². The first-order chi connectivity index (χ1) is 10.6. The smallest absolute Gasteiger partial charge is 0.261 e. The molecule has 2 aromatic carbocycles. The molecule has 22 heavy (non-hydrogen) atoms. The van der Waals surface area contributed by atoms with Gasteiger partial charge in [-0.15, -0.1) is 0 Å². The van der Waals surface area contributed by atoms with E-state index in [1.54, 1.807) is 32.2 Å². The lowest BCUT2D eigenvalue weighted by Gasteiger charge is -2.16. The van der Waals surface area contributed by atoms with Crippen LogP contribution >= 0.6 is 11.6 Å². The molecule has 0 heterocycles. The summed E-state index contributed by atoms with van der Waals surface area (Å²) in [5.74, 6) is 1.01. The Morgan fingerprint density at radius 1 is 1.14 bits per heavy atom. The highest BCUT2D eigenvalue weighted by molar-refractivity contribution is 6.32. The third-order valence-corrected chi connectivity index (χ3v) is 3.47. The Hall–Kier alpha value is -2.20. The maximum Gasteiger partial charge on any atom is 0.261 e. The van der Waals surface area contributed by atoms with Crippen LogP contribution in [0, 0.1) is 0 Å². The standard InChI is InChI=1S/C17H18ClNO3/c1-12(22-16-10-6-4-8-14(16)18)17(20)19-11-13-7-3-5-9-15(13)21-2/h3-10,12H,11H2,1-2H3,(H,19,20). The Labute approximate surface area is 135 Å². The Morgan fingerprint density at radius 3 is 2.45 bits per heavy atom. The van der Waals surface area contributed by atoms with Crippen molar-refractivity contribution in [2.75, 3.05) is 7.11 Å². The SMILES string of the molecule is COc1ccccc1CNC(=O)C(C)Oc1ccccc1Cl. The zero-order chi connectivity index (χ0) is 15.9. The predicted octanol–water partition coefficient (Wildman–Crippen LogP) is 3.43. The highest BCUT2D eigenvalue weighted by Crippen LogP contribution is 2.24. The number of carbonyl (C=O) groups excluding carboxylic acids is 1. The normalized spacial score (nSPS) is 11.6. The molecule has 1 atom stereocenters. The minimum Gasteiger partial charge on any atom is -0.496 e. The largest absolute Gasteiger partial charge is 0.496 e. The van der Waals surface area contributed by atoms with Crippen molar-refractivity contribution in [2.45, 2.75) is 19.6 Å². The first kappa shape index (κ1) is 16.2. The second-order valence-electron chi connectivity index (χ2n) is 4.72. The molecule has 2 aromatic rings. The van der Waals surface area contributed by atoms with Gasteiger partial charge < -0.3 is 14.8 Å². The molecule has 0 aliphatic carbocycles. The van der Waals surface area contributed by atoms with E-state index in [0.29, 0.717) is 17.3 Å². The number of benzene rings is 2. The number of carbonyl (C=O) groups is 1. The van der Waals surface area contributed by atoms with Gasteiger partial charge in [0.05, 0.1) is 12.1 Å². The number of ether oxygens (including phenoxy) is 2. The summed E-state index contributed by atoms with van der Waals surface area (Å²) in [7, 11) is 1.60. The third kappa shape index (κ3) is 4.15. The number of nitrogens with one attached hydrogen (secondary N) is 1. The van der Waals surface area contributed by atoms with Gasteiger partial charge in [0, 0.05) is 12.1 Å². The molecule has 0 aliphatic heterocycles. The molecule has 116 valence electrons. The number of methoxy groups -OCH3 is 1. The summed E-state index contributed by atoms with van der Waals surface area (Å²) in [6.45, 7) is 2.06. The van der Waals surface area contributed by atoms with Gasteiger partial charge in [0.15, 0.2) is 6.10 Å². The number of hydrogen-bond donors (Lipinski definition) is 1. The summed E-state index contributed by atoms with van der Waals surface area (Å²) >= 11 is 6.01. The van der Waals surface area contributed by atoms with Crippen LogP contribution in [0.5, 0.6) is 11.5 Å². The minimum atomic E-state index is -0.644. The second-order valence-corrected chi connectivity index (χ2v) is 5.13. The van der Waals surface area contributed by atoms with E-state index >= 15 is 0 Å².